The summed E-state index contributed by atoms with van der Waals surface area (Å²) in [4.78, 5) is 13.1. The molecule has 0 aliphatic carbocycles. The minimum Gasteiger partial charge on any atom is -0.325 e. The smallest absolute Gasteiger partial charge is 0.234 e. The number of nitrogens with one attached hydrogen (secondary N) is 2. The van der Waals surface area contributed by atoms with Gasteiger partial charge in [-0.2, -0.15) is 0 Å². The number of hydrogen-bond donors (Lipinski definition) is 2. The summed E-state index contributed by atoms with van der Waals surface area (Å²) in [6, 6.07) is 16.2. The molecule has 21 heavy (non-hydrogen) atoms. The summed E-state index contributed by atoms with van der Waals surface area (Å²) in [6.45, 7) is 1.92. The third kappa shape index (κ3) is 3.86. The van der Waals surface area contributed by atoms with E-state index in [0.717, 1.165) is 30.1 Å². The van der Waals surface area contributed by atoms with Gasteiger partial charge >= 0.3 is 0 Å². The first-order valence-corrected chi connectivity index (χ1v) is 8.10. The Morgan fingerprint density at radius 3 is 2.86 bits per heavy atom. The highest BCUT2D eigenvalue weighted by molar-refractivity contribution is 8.00. The van der Waals surface area contributed by atoms with E-state index in [9.17, 15) is 4.79 Å². The normalized spacial score (nSPS) is 13.5. The molecule has 0 fully saturated rings. The number of carbonyl (C=O) groups excluding carboxylic acids is 1. The van der Waals surface area contributed by atoms with Gasteiger partial charge in [-0.05, 0) is 48.4 Å². The Morgan fingerprint density at radius 2 is 2.00 bits per heavy atom. The van der Waals surface area contributed by atoms with Crippen molar-refractivity contribution in [1.82, 2.24) is 5.32 Å². The van der Waals surface area contributed by atoms with Crippen LogP contribution in [0.5, 0.6) is 0 Å². The maximum atomic E-state index is 12.0. The van der Waals surface area contributed by atoms with Crippen LogP contribution in [0.2, 0.25) is 0 Å². The third-order valence-corrected chi connectivity index (χ3v) is 4.50. The van der Waals surface area contributed by atoms with E-state index in [1.165, 1.54) is 11.1 Å². The lowest BCUT2D eigenvalue weighted by molar-refractivity contribution is -0.113. The van der Waals surface area contributed by atoms with E-state index in [0.29, 0.717) is 5.75 Å². The van der Waals surface area contributed by atoms with Crippen molar-refractivity contribution in [2.75, 3.05) is 17.6 Å². The summed E-state index contributed by atoms with van der Waals surface area (Å²) in [5, 5.41) is 6.33. The molecular weight excluding hydrogens is 280 g/mol. The average molecular weight is 298 g/mol. The van der Waals surface area contributed by atoms with E-state index >= 15 is 0 Å². The molecule has 1 heterocycles. The molecule has 0 unspecified atom stereocenters. The molecule has 0 bridgehead atoms. The van der Waals surface area contributed by atoms with E-state index in [-0.39, 0.29) is 5.91 Å². The van der Waals surface area contributed by atoms with Crippen LogP contribution in [0.15, 0.2) is 53.4 Å². The maximum Gasteiger partial charge on any atom is 0.234 e. The molecular formula is C17H18N2OS. The molecule has 0 aromatic heterocycles. The molecule has 0 saturated carbocycles. The summed E-state index contributed by atoms with van der Waals surface area (Å²) in [5.41, 5.74) is 3.55. The van der Waals surface area contributed by atoms with Gasteiger partial charge in [0.15, 0.2) is 0 Å². The Bertz CT molecular complexity index is 628. The SMILES string of the molecule is O=C(CSc1ccccc1)Nc1ccc2c(c1)CNCC2. The molecule has 3 rings (SSSR count). The highest BCUT2D eigenvalue weighted by Crippen LogP contribution is 2.20. The molecule has 2 aromatic rings. The highest BCUT2D eigenvalue weighted by atomic mass is 32.2. The molecule has 1 amide bonds. The van der Waals surface area contributed by atoms with Crippen LogP contribution in [0.25, 0.3) is 0 Å². The summed E-state index contributed by atoms with van der Waals surface area (Å²) in [7, 11) is 0. The molecule has 4 heteroatoms. The second-order valence-corrected chi connectivity index (χ2v) is 6.11. The fourth-order valence-corrected chi connectivity index (χ4v) is 3.14. The summed E-state index contributed by atoms with van der Waals surface area (Å²) in [5.74, 6) is 0.465. The number of amides is 1. The molecule has 0 spiro atoms. The highest BCUT2D eigenvalue weighted by Gasteiger charge is 2.10. The summed E-state index contributed by atoms with van der Waals surface area (Å²) < 4.78 is 0. The van der Waals surface area contributed by atoms with Crippen molar-refractivity contribution in [2.45, 2.75) is 17.9 Å². The molecule has 1 aliphatic heterocycles. The van der Waals surface area contributed by atoms with Crippen molar-refractivity contribution < 1.29 is 4.79 Å². The van der Waals surface area contributed by atoms with Crippen LogP contribution < -0.4 is 10.6 Å². The first-order valence-electron chi connectivity index (χ1n) is 7.11. The van der Waals surface area contributed by atoms with Crippen LogP contribution in [0.4, 0.5) is 5.69 Å². The van der Waals surface area contributed by atoms with Crippen molar-refractivity contribution >= 4 is 23.4 Å². The molecule has 3 nitrogen and oxygen atoms in total. The fourth-order valence-electron chi connectivity index (χ4n) is 2.42. The second kappa shape index (κ2) is 6.78. The lowest BCUT2D eigenvalue weighted by Gasteiger charge is -2.18. The van der Waals surface area contributed by atoms with Gasteiger partial charge in [0.05, 0.1) is 5.75 Å². The van der Waals surface area contributed by atoms with Gasteiger partial charge in [-0.25, -0.2) is 0 Å². The van der Waals surface area contributed by atoms with Crippen molar-refractivity contribution in [2.24, 2.45) is 0 Å². The zero-order chi connectivity index (χ0) is 14.5. The van der Waals surface area contributed by atoms with E-state index in [2.05, 4.69) is 22.8 Å². The molecule has 108 valence electrons. The summed E-state index contributed by atoms with van der Waals surface area (Å²) >= 11 is 1.55. The van der Waals surface area contributed by atoms with Crippen LogP contribution in [-0.2, 0) is 17.8 Å². The Labute approximate surface area is 129 Å². The maximum absolute atomic E-state index is 12.0. The van der Waals surface area contributed by atoms with Gasteiger partial charge in [0, 0.05) is 17.1 Å². The average Bonchev–Trinajstić information content (AvgIpc) is 2.54. The monoisotopic (exact) mass is 298 g/mol. The van der Waals surface area contributed by atoms with Gasteiger partial charge in [-0.1, -0.05) is 24.3 Å². The van der Waals surface area contributed by atoms with Gasteiger partial charge in [0.2, 0.25) is 5.91 Å². The van der Waals surface area contributed by atoms with Gasteiger partial charge in [0.1, 0.15) is 0 Å². The van der Waals surface area contributed by atoms with Crippen LogP contribution in [0, 0.1) is 0 Å². The zero-order valence-corrected chi connectivity index (χ0v) is 12.6. The molecule has 2 N–H and O–H groups in total. The first-order chi connectivity index (χ1) is 10.3. The summed E-state index contributed by atoms with van der Waals surface area (Å²) in [6.07, 6.45) is 1.06. The largest absolute Gasteiger partial charge is 0.325 e. The van der Waals surface area contributed by atoms with Crippen LogP contribution in [0.3, 0.4) is 0 Å². The number of rotatable bonds is 4. The predicted octanol–water partition coefficient (Wildman–Crippen LogP) is 3.06. The lowest BCUT2D eigenvalue weighted by Crippen LogP contribution is -2.24. The van der Waals surface area contributed by atoms with Gasteiger partial charge in [0.25, 0.3) is 0 Å². The Morgan fingerprint density at radius 1 is 1.14 bits per heavy atom. The number of benzene rings is 2. The van der Waals surface area contributed by atoms with Crippen molar-refractivity contribution in [3.63, 3.8) is 0 Å². The number of carbonyl (C=O) groups is 1. The van der Waals surface area contributed by atoms with Crippen molar-refractivity contribution in [3.05, 3.63) is 59.7 Å². The number of fused-ring (bicyclic) bond motifs is 1. The Kier molecular flexibility index (Phi) is 4.58. The molecule has 1 aliphatic rings. The number of hydrogen-bond acceptors (Lipinski definition) is 3. The van der Waals surface area contributed by atoms with Gasteiger partial charge in [-0.15, -0.1) is 11.8 Å². The third-order valence-electron chi connectivity index (χ3n) is 3.49. The van der Waals surface area contributed by atoms with Crippen molar-refractivity contribution in [1.29, 1.82) is 0 Å². The predicted molar refractivity (Wildman–Crippen MR) is 87.6 cm³/mol. The van der Waals surface area contributed by atoms with Crippen LogP contribution in [-0.4, -0.2) is 18.2 Å². The van der Waals surface area contributed by atoms with Gasteiger partial charge in [-0.3, -0.25) is 4.79 Å². The number of thioether (sulfide) groups is 1. The van der Waals surface area contributed by atoms with Gasteiger partial charge < -0.3 is 10.6 Å². The lowest BCUT2D eigenvalue weighted by atomic mass is 10.0. The van der Waals surface area contributed by atoms with E-state index < -0.39 is 0 Å². The topological polar surface area (TPSA) is 41.1 Å². The number of anilines is 1. The van der Waals surface area contributed by atoms with Crippen LogP contribution in [0.1, 0.15) is 11.1 Å². The Balaban J connectivity index is 1.57. The minimum absolute atomic E-state index is 0.0348. The Hall–Kier alpha value is -1.78. The van der Waals surface area contributed by atoms with Crippen molar-refractivity contribution in [3.8, 4) is 0 Å². The fraction of sp³-hybridized carbons (Fsp3) is 0.235. The standard InChI is InChI=1S/C17H18N2OS/c20-17(12-21-16-4-2-1-3-5-16)19-15-7-6-13-8-9-18-11-14(13)10-15/h1-7,10,18H,8-9,11-12H2,(H,19,20). The quantitative estimate of drug-likeness (QED) is 0.852. The molecule has 0 radical (unpaired) electrons. The molecule has 2 aromatic carbocycles. The van der Waals surface area contributed by atoms with E-state index in [4.69, 9.17) is 0 Å². The second-order valence-electron chi connectivity index (χ2n) is 5.06. The molecule has 0 atom stereocenters. The van der Waals surface area contributed by atoms with Crippen LogP contribution >= 0.6 is 11.8 Å². The minimum atomic E-state index is 0.0348. The molecule has 0 saturated heterocycles. The van der Waals surface area contributed by atoms with E-state index in [1.807, 2.05) is 36.4 Å². The van der Waals surface area contributed by atoms with E-state index in [1.54, 1.807) is 11.8 Å². The zero-order valence-electron chi connectivity index (χ0n) is 11.8. The first kappa shape index (κ1) is 14.2.